The van der Waals surface area contributed by atoms with Gasteiger partial charge in [0, 0.05) is 13.2 Å². The fourth-order valence-electron chi connectivity index (χ4n) is 2.90. The van der Waals surface area contributed by atoms with Crippen molar-refractivity contribution in [2.45, 2.75) is 32.3 Å². The summed E-state index contributed by atoms with van der Waals surface area (Å²) in [6, 6.07) is 5.91. The largest absolute Gasteiger partial charge is 0.493 e. The van der Waals surface area contributed by atoms with E-state index in [4.69, 9.17) is 18.9 Å². The van der Waals surface area contributed by atoms with Gasteiger partial charge in [0.1, 0.15) is 18.1 Å². The lowest BCUT2D eigenvalue weighted by Gasteiger charge is -2.21. The lowest BCUT2D eigenvalue weighted by atomic mass is 10.0. The Morgan fingerprint density at radius 2 is 2.17 bits per heavy atom. The first-order chi connectivity index (χ1) is 14.4. The minimum Gasteiger partial charge on any atom is -0.493 e. The standard InChI is InChI=1S/C22H27NO6S/c1-22(2,29-14-27-10-9-26-3)19(24)13-20-23-21(25)18(30-20)12-15-6-7-17-16(11-15)5-4-8-28-17/h6-7,11-13H,4-5,8-10,14H2,1-3H3,(H,23,25)/b18-12-,20-13+. The van der Waals surface area contributed by atoms with E-state index < -0.39 is 5.60 Å². The van der Waals surface area contributed by atoms with Crippen LogP contribution >= 0.6 is 11.3 Å². The summed E-state index contributed by atoms with van der Waals surface area (Å²) < 4.78 is 22.3. The van der Waals surface area contributed by atoms with Crippen molar-refractivity contribution >= 4 is 29.3 Å². The van der Waals surface area contributed by atoms with E-state index in [1.54, 1.807) is 21.0 Å². The molecule has 2 heterocycles. The van der Waals surface area contributed by atoms with Gasteiger partial charge in [0.25, 0.3) is 5.56 Å². The summed E-state index contributed by atoms with van der Waals surface area (Å²) in [5.74, 6) is 0.652. The molecule has 30 heavy (non-hydrogen) atoms. The fourth-order valence-corrected chi connectivity index (χ4v) is 3.79. The van der Waals surface area contributed by atoms with Gasteiger partial charge >= 0.3 is 0 Å². The van der Waals surface area contributed by atoms with Crippen LogP contribution in [0.5, 0.6) is 5.75 Å². The van der Waals surface area contributed by atoms with E-state index in [0.29, 0.717) is 22.4 Å². The van der Waals surface area contributed by atoms with E-state index in [0.717, 1.165) is 36.3 Å². The van der Waals surface area contributed by atoms with Gasteiger partial charge in [0.15, 0.2) is 5.78 Å². The van der Waals surface area contributed by atoms with Gasteiger partial charge in [-0.3, -0.25) is 9.59 Å². The highest BCUT2D eigenvalue weighted by atomic mass is 32.1. The molecule has 7 nitrogen and oxygen atoms in total. The van der Waals surface area contributed by atoms with Crippen LogP contribution in [0.3, 0.4) is 0 Å². The smallest absolute Gasteiger partial charge is 0.266 e. The number of ether oxygens (including phenoxy) is 4. The molecule has 0 unspecified atom stereocenters. The Hall–Kier alpha value is -2.26. The number of aryl methyl sites for hydroxylation is 1. The van der Waals surface area contributed by atoms with E-state index in [1.165, 1.54) is 17.4 Å². The molecule has 0 bridgehead atoms. The predicted octanol–water partition coefficient (Wildman–Crippen LogP) is 1.36. The molecule has 0 fully saturated rings. The van der Waals surface area contributed by atoms with Gasteiger partial charge in [-0.1, -0.05) is 6.07 Å². The zero-order valence-corrected chi connectivity index (χ0v) is 18.3. The number of rotatable bonds is 9. The Morgan fingerprint density at radius 1 is 1.33 bits per heavy atom. The molecule has 0 spiro atoms. The lowest BCUT2D eigenvalue weighted by Crippen LogP contribution is -2.35. The monoisotopic (exact) mass is 433 g/mol. The maximum atomic E-state index is 12.6. The van der Waals surface area contributed by atoms with Crippen LogP contribution in [-0.4, -0.2) is 50.1 Å². The number of hydrogen-bond donors (Lipinski definition) is 1. The van der Waals surface area contributed by atoms with Crippen LogP contribution in [-0.2, 0) is 25.4 Å². The van der Waals surface area contributed by atoms with Crippen LogP contribution in [0.2, 0.25) is 0 Å². The Bertz CT molecular complexity index is 1050. The molecule has 1 aromatic carbocycles. The number of ketones is 1. The van der Waals surface area contributed by atoms with Gasteiger partial charge in [0.2, 0.25) is 0 Å². The second-order valence-electron chi connectivity index (χ2n) is 7.43. The third-order valence-electron chi connectivity index (χ3n) is 4.70. The third kappa shape index (κ3) is 5.89. The van der Waals surface area contributed by atoms with Gasteiger partial charge in [-0.05, 0) is 56.0 Å². The average molecular weight is 434 g/mol. The number of carbonyl (C=O) groups is 1. The molecule has 1 aromatic heterocycles. The van der Waals surface area contributed by atoms with Crippen molar-refractivity contribution in [2.24, 2.45) is 0 Å². The second kappa shape index (κ2) is 10.2. The highest BCUT2D eigenvalue weighted by Gasteiger charge is 2.26. The van der Waals surface area contributed by atoms with Crippen LogP contribution in [0.25, 0.3) is 12.2 Å². The molecule has 0 amide bonds. The second-order valence-corrected chi connectivity index (χ2v) is 8.51. The van der Waals surface area contributed by atoms with Crippen LogP contribution < -0.4 is 19.5 Å². The molecule has 0 saturated heterocycles. The Kier molecular flexibility index (Phi) is 7.60. The summed E-state index contributed by atoms with van der Waals surface area (Å²) in [6.07, 6.45) is 5.19. The predicted molar refractivity (Wildman–Crippen MR) is 115 cm³/mol. The highest BCUT2D eigenvalue weighted by Crippen LogP contribution is 2.25. The SMILES string of the molecule is COCCOCOC(C)(C)C(=O)/C=c1\[nH]c(=O)/c(=C/c2ccc3c(c2)CCCO3)s1. The number of methoxy groups -OCH3 is 1. The van der Waals surface area contributed by atoms with Crippen LogP contribution in [0, 0.1) is 0 Å². The molecule has 1 aliphatic rings. The van der Waals surface area contributed by atoms with Crippen LogP contribution in [0.4, 0.5) is 0 Å². The Balaban J connectivity index is 1.75. The molecule has 0 saturated carbocycles. The van der Waals surface area contributed by atoms with Gasteiger partial charge in [0.05, 0.1) is 29.0 Å². The number of benzene rings is 1. The number of aromatic amines is 1. The van der Waals surface area contributed by atoms with Crippen molar-refractivity contribution in [1.29, 1.82) is 0 Å². The normalized spacial score (nSPS) is 15.2. The zero-order chi connectivity index (χ0) is 21.6. The number of Topliss-reactive ketones (excluding diaryl/α,β-unsaturated/α-hetero) is 1. The van der Waals surface area contributed by atoms with Crippen molar-refractivity contribution in [2.75, 3.05) is 33.7 Å². The highest BCUT2D eigenvalue weighted by molar-refractivity contribution is 7.07. The summed E-state index contributed by atoms with van der Waals surface area (Å²) in [4.78, 5) is 27.7. The maximum absolute atomic E-state index is 12.6. The summed E-state index contributed by atoms with van der Waals surface area (Å²) in [5, 5.41) is 0. The first-order valence-corrected chi connectivity index (χ1v) is 10.6. The molecule has 1 aliphatic heterocycles. The van der Waals surface area contributed by atoms with Gasteiger partial charge in [-0.25, -0.2) is 0 Å². The molecule has 0 radical (unpaired) electrons. The third-order valence-corrected chi connectivity index (χ3v) is 5.66. The van der Waals surface area contributed by atoms with Crippen molar-refractivity contribution in [3.63, 3.8) is 0 Å². The zero-order valence-electron chi connectivity index (χ0n) is 17.5. The molecule has 1 N–H and O–H groups in total. The molecule has 0 aliphatic carbocycles. The van der Waals surface area contributed by atoms with Crippen molar-refractivity contribution in [3.8, 4) is 5.75 Å². The van der Waals surface area contributed by atoms with Gasteiger partial charge < -0.3 is 23.9 Å². The molecule has 3 rings (SSSR count). The number of nitrogens with one attached hydrogen (secondary N) is 1. The van der Waals surface area contributed by atoms with E-state index >= 15 is 0 Å². The fraction of sp³-hybridized carbons (Fsp3) is 0.455. The first kappa shape index (κ1) is 22.4. The van der Waals surface area contributed by atoms with E-state index in [9.17, 15) is 9.59 Å². The number of thiazole rings is 1. The topological polar surface area (TPSA) is 86.9 Å². The quantitative estimate of drug-likeness (QED) is 0.475. The summed E-state index contributed by atoms with van der Waals surface area (Å²) >= 11 is 1.24. The maximum Gasteiger partial charge on any atom is 0.266 e. The molecule has 0 atom stereocenters. The number of carbonyl (C=O) groups excluding carboxylic acids is 1. The minimum atomic E-state index is -1.07. The van der Waals surface area contributed by atoms with E-state index in [-0.39, 0.29) is 18.1 Å². The van der Waals surface area contributed by atoms with E-state index in [1.807, 2.05) is 24.3 Å². The molecular formula is C22H27NO6S. The van der Waals surface area contributed by atoms with Gasteiger partial charge in [-0.2, -0.15) is 0 Å². The van der Waals surface area contributed by atoms with Crippen LogP contribution in [0.1, 0.15) is 31.4 Å². The number of aromatic nitrogens is 1. The van der Waals surface area contributed by atoms with Gasteiger partial charge in [-0.15, -0.1) is 11.3 Å². The van der Waals surface area contributed by atoms with E-state index in [2.05, 4.69) is 4.98 Å². The number of H-pyrrole nitrogens is 1. The summed E-state index contributed by atoms with van der Waals surface area (Å²) in [6.45, 7) is 4.90. The van der Waals surface area contributed by atoms with Crippen molar-refractivity contribution in [3.05, 3.63) is 48.9 Å². The summed E-state index contributed by atoms with van der Waals surface area (Å²) in [5.41, 5.74) is 0.781. The Labute approximate surface area is 178 Å². The lowest BCUT2D eigenvalue weighted by molar-refractivity contribution is -0.155. The number of hydrogen-bond acceptors (Lipinski definition) is 7. The molecule has 162 valence electrons. The van der Waals surface area contributed by atoms with Crippen LogP contribution in [0.15, 0.2) is 23.0 Å². The van der Waals surface area contributed by atoms with Crippen molar-refractivity contribution in [1.82, 2.24) is 4.98 Å². The van der Waals surface area contributed by atoms with Crippen molar-refractivity contribution < 1.29 is 23.7 Å². The summed E-state index contributed by atoms with van der Waals surface area (Å²) in [7, 11) is 1.58. The number of fused-ring (bicyclic) bond motifs is 1. The average Bonchev–Trinajstić information content (AvgIpc) is 3.06. The minimum absolute atomic E-state index is 0.0159. The Morgan fingerprint density at radius 3 is 2.97 bits per heavy atom. The molecule has 8 heteroatoms. The molecular weight excluding hydrogens is 406 g/mol. The molecule has 2 aromatic rings. The first-order valence-electron chi connectivity index (χ1n) is 9.82.